The van der Waals surface area contributed by atoms with Crippen molar-refractivity contribution in [3.05, 3.63) is 64.9 Å². The molecule has 1 aromatic heterocycles. The molecule has 0 aliphatic carbocycles. The minimum absolute atomic E-state index is 0.0663. The van der Waals surface area contributed by atoms with Gasteiger partial charge < -0.3 is 15.1 Å². The van der Waals surface area contributed by atoms with Gasteiger partial charge in [-0.1, -0.05) is 29.8 Å². The first-order chi connectivity index (χ1) is 12.5. The average Bonchev–Trinajstić information content (AvgIpc) is 2.67. The molecule has 26 heavy (non-hydrogen) atoms. The molecule has 6 heteroatoms. The summed E-state index contributed by atoms with van der Waals surface area (Å²) in [6.45, 7) is 2.04. The third-order valence-corrected chi connectivity index (χ3v) is 5.30. The average molecular weight is 373 g/mol. The lowest BCUT2D eigenvalue weighted by molar-refractivity contribution is 0.146. The van der Waals surface area contributed by atoms with Crippen LogP contribution in [0.3, 0.4) is 0 Å². The zero-order valence-corrected chi connectivity index (χ0v) is 16.0. The molecule has 1 aliphatic heterocycles. The number of rotatable bonds is 4. The fraction of sp³-hybridized carbons (Fsp3) is 0.400. The fourth-order valence-electron chi connectivity index (χ4n) is 3.33. The van der Waals surface area contributed by atoms with Crippen LogP contribution in [-0.4, -0.2) is 54.0 Å². The van der Waals surface area contributed by atoms with E-state index in [1.807, 2.05) is 48.3 Å². The number of carbonyl (C=O) groups is 1. The number of hydrogen-bond acceptors (Lipinski definition) is 3. The topological polar surface area (TPSA) is 48.5 Å². The van der Waals surface area contributed by atoms with Crippen LogP contribution in [0.4, 0.5) is 4.79 Å². The summed E-state index contributed by atoms with van der Waals surface area (Å²) in [6, 6.07) is 11.4. The van der Waals surface area contributed by atoms with E-state index in [2.05, 4.69) is 22.2 Å². The van der Waals surface area contributed by atoms with Crippen molar-refractivity contribution in [3.8, 4) is 0 Å². The quantitative estimate of drug-likeness (QED) is 0.892. The van der Waals surface area contributed by atoms with Gasteiger partial charge in [-0.25, -0.2) is 4.79 Å². The van der Waals surface area contributed by atoms with Crippen LogP contribution in [0.15, 0.2) is 48.8 Å². The Morgan fingerprint density at radius 1 is 1.23 bits per heavy atom. The zero-order chi connectivity index (χ0) is 18.5. The van der Waals surface area contributed by atoms with Gasteiger partial charge in [0.15, 0.2) is 0 Å². The molecule has 0 unspecified atom stereocenters. The molecular formula is C20H25ClN4O. The standard InChI is InChI=1S/C20H25ClN4O/c1-24-12-9-18(10-13-24)25(2)20(26)23-19(16-4-3-11-22-14-16)15-5-7-17(21)8-6-15/h3-8,11,14,18-19H,9-10,12-13H2,1-2H3,(H,23,26)/t19-/m0/s1. The lowest BCUT2D eigenvalue weighted by Crippen LogP contribution is -2.49. The smallest absolute Gasteiger partial charge is 0.318 e. The highest BCUT2D eigenvalue weighted by Gasteiger charge is 2.26. The molecule has 0 bridgehead atoms. The molecule has 2 aromatic rings. The van der Waals surface area contributed by atoms with Gasteiger partial charge in [0.2, 0.25) is 0 Å². The molecule has 1 N–H and O–H groups in total. The second-order valence-electron chi connectivity index (χ2n) is 6.87. The number of hydrogen-bond donors (Lipinski definition) is 1. The second-order valence-corrected chi connectivity index (χ2v) is 7.30. The summed E-state index contributed by atoms with van der Waals surface area (Å²) in [5.74, 6) is 0. The number of benzene rings is 1. The van der Waals surface area contributed by atoms with E-state index in [4.69, 9.17) is 11.6 Å². The Bertz CT molecular complexity index is 714. The SMILES string of the molecule is CN1CCC(N(C)C(=O)N[C@@H](c2ccc(Cl)cc2)c2cccnc2)CC1. The summed E-state index contributed by atoms with van der Waals surface area (Å²) in [6.07, 6.45) is 5.52. The van der Waals surface area contributed by atoms with Gasteiger partial charge in [-0.15, -0.1) is 0 Å². The molecule has 1 fully saturated rings. The second kappa shape index (κ2) is 8.52. The monoisotopic (exact) mass is 372 g/mol. The Hall–Kier alpha value is -2.11. The van der Waals surface area contributed by atoms with Gasteiger partial charge in [-0.3, -0.25) is 4.98 Å². The van der Waals surface area contributed by atoms with Crippen molar-refractivity contribution in [3.63, 3.8) is 0 Å². The van der Waals surface area contributed by atoms with E-state index in [-0.39, 0.29) is 18.1 Å². The van der Waals surface area contributed by atoms with Crippen molar-refractivity contribution >= 4 is 17.6 Å². The van der Waals surface area contributed by atoms with Crippen molar-refractivity contribution in [2.75, 3.05) is 27.2 Å². The number of halogens is 1. The normalized spacial score (nSPS) is 16.9. The maximum Gasteiger partial charge on any atom is 0.318 e. The van der Waals surface area contributed by atoms with Crippen LogP contribution in [0, 0.1) is 0 Å². The molecule has 5 nitrogen and oxygen atoms in total. The molecule has 0 saturated carbocycles. The third kappa shape index (κ3) is 4.54. The summed E-state index contributed by atoms with van der Waals surface area (Å²) in [7, 11) is 4.00. The third-order valence-electron chi connectivity index (χ3n) is 5.05. The summed E-state index contributed by atoms with van der Waals surface area (Å²) >= 11 is 6.02. The minimum Gasteiger partial charge on any atom is -0.327 e. The van der Waals surface area contributed by atoms with Crippen LogP contribution in [0.2, 0.25) is 5.02 Å². The predicted molar refractivity (Wildman–Crippen MR) is 104 cm³/mol. The van der Waals surface area contributed by atoms with Crippen LogP contribution >= 0.6 is 11.6 Å². The Labute approximate surface area is 160 Å². The first-order valence-corrected chi connectivity index (χ1v) is 9.29. The van der Waals surface area contributed by atoms with Gasteiger partial charge >= 0.3 is 6.03 Å². The molecule has 1 aromatic carbocycles. The molecule has 0 radical (unpaired) electrons. The number of piperidine rings is 1. The first-order valence-electron chi connectivity index (χ1n) is 8.92. The van der Waals surface area contributed by atoms with Crippen LogP contribution in [0.25, 0.3) is 0 Å². The number of pyridine rings is 1. The Morgan fingerprint density at radius 3 is 2.54 bits per heavy atom. The Kier molecular flexibility index (Phi) is 6.12. The summed E-state index contributed by atoms with van der Waals surface area (Å²) in [5, 5.41) is 3.84. The lowest BCUT2D eigenvalue weighted by Gasteiger charge is -2.36. The molecule has 3 rings (SSSR count). The summed E-state index contributed by atoms with van der Waals surface area (Å²) in [5.41, 5.74) is 1.92. The summed E-state index contributed by atoms with van der Waals surface area (Å²) in [4.78, 5) is 21.2. The van der Waals surface area contributed by atoms with Crippen molar-refractivity contribution in [2.24, 2.45) is 0 Å². The Morgan fingerprint density at radius 2 is 1.92 bits per heavy atom. The van der Waals surface area contributed by atoms with Gasteiger partial charge in [0.1, 0.15) is 0 Å². The first kappa shape index (κ1) is 18.7. The van der Waals surface area contributed by atoms with Gasteiger partial charge in [0.05, 0.1) is 6.04 Å². The maximum atomic E-state index is 12.9. The van der Waals surface area contributed by atoms with Crippen LogP contribution in [-0.2, 0) is 0 Å². The van der Waals surface area contributed by atoms with Gasteiger partial charge in [0.25, 0.3) is 0 Å². The number of nitrogens with zero attached hydrogens (tertiary/aromatic N) is 3. The zero-order valence-electron chi connectivity index (χ0n) is 15.2. The molecule has 1 saturated heterocycles. The molecule has 1 aliphatic rings. The number of aromatic nitrogens is 1. The highest BCUT2D eigenvalue weighted by atomic mass is 35.5. The summed E-state index contributed by atoms with van der Waals surface area (Å²) < 4.78 is 0. The number of urea groups is 1. The van der Waals surface area contributed by atoms with Crippen molar-refractivity contribution in [1.82, 2.24) is 20.1 Å². The molecule has 0 spiro atoms. The fourth-order valence-corrected chi connectivity index (χ4v) is 3.46. The van der Waals surface area contributed by atoms with Gasteiger partial charge in [-0.2, -0.15) is 0 Å². The van der Waals surface area contributed by atoms with Crippen molar-refractivity contribution in [2.45, 2.75) is 24.9 Å². The van der Waals surface area contributed by atoms with E-state index in [0.29, 0.717) is 5.02 Å². The maximum absolute atomic E-state index is 12.9. The van der Waals surface area contributed by atoms with E-state index in [1.54, 1.807) is 12.4 Å². The van der Waals surface area contributed by atoms with E-state index >= 15 is 0 Å². The predicted octanol–water partition coefficient (Wildman–Crippen LogP) is 3.56. The highest BCUT2D eigenvalue weighted by molar-refractivity contribution is 6.30. The molecule has 1 atom stereocenters. The van der Waals surface area contributed by atoms with Crippen LogP contribution in [0.1, 0.15) is 30.0 Å². The number of nitrogens with one attached hydrogen (secondary N) is 1. The van der Waals surface area contributed by atoms with E-state index < -0.39 is 0 Å². The minimum atomic E-state index is -0.262. The van der Waals surface area contributed by atoms with E-state index in [9.17, 15) is 4.79 Å². The largest absolute Gasteiger partial charge is 0.327 e. The van der Waals surface area contributed by atoms with Crippen molar-refractivity contribution in [1.29, 1.82) is 0 Å². The van der Waals surface area contributed by atoms with E-state index in [1.165, 1.54) is 0 Å². The van der Waals surface area contributed by atoms with Gasteiger partial charge in [-0.05, 0) is 62.3 Å². The number of likely N-dealkylation sites (tertiary alicyclic amines) is 1. The highest BCUT2D eigenvalue weighted by Crippen LogP contribution is 2.24. The molecule has 2 amide bonds. The van der Waals surface area contributed by atoms with Gasteiger partial charge in [0, 0.05) is 30.5 Å². The van der Waals surface area contributed by atoms with Crippen LogP contribution < -0.4 is 5.32 Å². The number of amides is 2. The molecule has 2 heterocycles. The Balaban J connectivity index is 1.77. The number of carbonyl (C=O) groups excluding carboxylic acids is 1. The molecular weight excluding hydrogens is 348 g/mol. The van der Waals surface area contributed by atoms with Crippen LogP contribution in [0.5, 0.6) is 0 Å². The molecule has 138 valence electrons. The van der Waals surface area contributed by atoms with E-state index in [0.717, 1.165) is 37.1 Å². The lowest BCUT2D eigenvalue weighted by atomic mass is 10.00. The van der Waals surface area contributed by atoms with Crippen molar-refractivity contribution < 1.29 is 4.79 Å².